The lowest BCUT2D eigenvalue weighted by Crippen LogP contribution is -2.40. The van der Waals surface area contributed by atoms with Gasteiger partial charge in [-0.1, -0.05) is 26.7 Å². The largest absolute Gasteiger partial charge is 0.319 e. The average Bonchev–Trinajstić information content (AvgIpc) is 2.87. The number of nitrogens with two attached hydrogens (primary N) is 1. The van der Waals surface area contributed by atoms with Gasteiger partial charge in [-0.2, -0.15) is 0 Å². The number of rotatable bonds is 3. The van der Waals surface area contributed by atoms with Crippen LogP contribution in [-0.2, 0) is 18.4 Å². The molecule has 0 radical (unpaired) electrons. The van der Waals surface area contributed by atoms with E-state index in [2.05, 4.69) is 13.8 Å². The molecule has 0 saturated heterocycles. The van der Waals surface area contributed by atoms with Crippen LogP contribution < -0.4 is 5.73 Å². The van der Waals surface area contributed by atoms with Crippen molar-refractivity contribution in [2.45, 2.75) is 77.2 Å². The minimum absolute atomic E-state index is 0.116. The number of hydrogen-bond acceptors (Lipinski definition) is 3. The Hall–Kier alpha value is -0.410. The predicted octanol–water partition coefficient (Wildman–Crippen LogP) is 4.41. The molecule has 1 aromatic rings. The summed E-state index contributed by atoms with van der Waals surface area (Å²) in [5.74, 6) is 1.73. The quantitative estimate of drug-likeness (QED) is 0.896. The number of thiazole rings is 1. The number of fused-ring (bicyclic) bond motifs is 1. The Balaban J connectivity index is 1.76. The number of aromatic nitrogens is 1. The highest BCUT2D eigenvalue weighted by molar-refractivity contribution is 7.11. The van der Waals surface area contributed by atoms with Gasteiger partial charge in [0.2, 0.25) is 0 Å². The normalized spacial score (nSPS) is 34.0. The van der Waals surface area contributed by atoms with Crippen LogP contribution in [0.4, 0.5) is 0 Å². The van der Waals surface area contributed by atoms with Crippen molar-refractivity contribution in [3.8, 4) is 0 Å². The Morgan fingerprint density at radius 3 is 2.75 bits per heavy atom. The monoisotopic (exact) mass is 292 g/mol. The van der Waals surface area contributed by atoms with Gasteiger partial charge in [-0.05, 0) is 56.8 Å². The Morgan fingerprint density at radius 1 is 1.30 bits per heavy atom. The Bertz CT molecular complexity index is 458. The van der Waals surface area contributed by atoms with Crippen LogP contribution in [0.5, 0.6) is 0 Å². The smallest absolute Gasteiger partial charge is 0.113 e. The van der Waals surface area contributed by atoms with Crippen LogP contribution in [0.25, 0.3) is 0 Å². The van der Waals surface area contributed by atoms with Crippen LogP contribution in [0.1, 0.15) is 74.4 Å². The molecule has 3 rings (SSSR count). The van der Waals surface area contributed by atoms with E-state index >= 15 is 0 Å². The number of hydrogen-bond donors (Lipinski definition) is 1. The maximum absolute atomic E-state index is 6.70. The molecule has 1 saturated carbocycles. The summed E-state index contributed by atoms with van der Waals surface area (Å²) in [5, 5.41) is 1.24. The van der Waals surface area contributed by atoms with E-state index in [9.17, 15) is 0 Å². The zero-order chi connectivity index (χ0) is 14.2. The summed E-state index contributed by atoms with van der Waals surface area (Å²) in [6.45, 7) is 4.65. The molecule has 0 aliphatic heterocycles. The molecule has 2 N–H and O–H groups in total. The summed E-state index contributed by atoms with van der Waals surface area (Å²) in [5.41, 5.74) is 7.96. The first kappa shape index (κ1) is 14.5. The van der Waals surface area contributed by atoms with Crippen molar-refractivity contribution < 1.29 is 0 Å². The maximum Gasteiger partial charge on any atom is 0.113 e. The fourth-order valence-electron chi connectivity index (χ4n) is 3.80. The molecule has 2 aliphatic carbocycles. The van der Waals surface area contributed by atoms with Gasteiger partial charge in [0.1, 0.15) is 5.01 Å². The molecule has 1 heterocycles. The van der Waals surface area contributed by atoms with E-state index < -0.39 is 0 Å². The van der Waals surface area contributed by atoms with Crippen molar-refractivity contribution in [2.24, 2.45) is 17.6 Å². The van der Waals surface area contributed by atoms with E-state index in [0.717, 1.165) is 24.7 Å². The van der Waals surface area contributed by atoms with Crippen LogP contribution in [0.3, 0.4) is 0 Å². The van der Waals surface area contributed by atoms with E-state index in [1.165, 1.54) is 55.6 Å². The molecule has 1 fully saturated rings. The van der Waals surface area contributed by atoms with Crippen molar-refractivity contribution in [3.63, 3.8) is 0 Å². The van der Waals surface area contributed by atoms with Gasteiger partial charge in [0.05, 0.1) is 11.2 Å². The SMILES string of the molecule is CCCC1CCc2nc(C3(N)CCC(C)CC3)sc2C1. The summed E-state index contributed by atoms with van der Waals surface area (Å²) >= 11 is 1.94. The fourth-order valence-corrected chi connectivity index (χ4v) is 5.18. The molecule has 0 aromatic carbocycles. The Kier molecular flexibility index (Phi) is 4.19. The third kappa shape index (κ3) is 2.80. The van der Waals surface area contributed by atoms with E-state index in [0.29, 0.717) is 0 Å². The van der Waals surface area contributed by atoms with Crippen LogP contribution in [0, 0.1) is 11.8 Å². The molecule has 2 nitrogen and oxygen atoms in total. The number of aryl methyl sites for hydroxylation is 1. The van der Waals surface area contributed by atoms with E-state index in [1.807, 2.05) is 11.3 Å². The minimum atomic E-state index is -0.116. The summed E-state index contributed by atoms with van der Waals surface area (Å²) in [4.78, 5) is 6.51. The highest BCUT2D eigenvalue weighted by Crippen LogP contribution is 2.41. The summed E-state index contributed by atoms with van der Waals surface area (Å²) in [6.07, 6.45) is 11.2. The van der Waals surface area contributed by atoms with Crippen LogP contribution in [-0.4, -0.2) is 4.98 Å². The minimum Gasteiger partial charge on any atom is -0.319 e. The highest BCUT2D eigenvalue weighted by atomic mass is 32.1. The number of nitrogens with zero attached hydrogens (tertiary/aromatic N) is 1. The highest BCUT2D eigenvalue weighted by Gasteiger charge is 2.36. The summed E-state index contributed by atoms with van der Waals surface area (Å²) in [7, 11) is 0. The van der Waals surface area contributed by atoms with Crippen molar-refractivity contribution in [1.29, 1.82) is 0 Å². The van der Waals surface area contributed by atoms with Gasteiger partial charge in [-0.15, -0.1) is 11.3 Å². The Labute approximate surface area is 127 Å². The molecule has 0 spiro atoms. The van der Waals surface area contributed by atoms with Gasteiger partial charge in [0.25, 0.3) is 0 Å². The van der Waals surface area contributed by atoms with Gasteiger partial charge >= 0.3 is 0 Å². The topological polar surface area (TPSA) is 38.9 Å². The molecule has 0 amide bonds. The van der Waals surface area contributed by atoms with E-state index in [4.69, 9.17) is 10.7 Å². The van der Waals surface area contributed by atoms with Crippen LogP contribution in [0.15, 0.2) is 0 Å². The van der Waals surface area contributed by atoms with Crippen LogP contribution >= 0.6 is 11.3 Å². The first-order valence-electron chi connectivity index (χ1n) is 8.38. The van der Waals surface area contributed by atoms with Crippen molar-refractivity contribution in [3.05, 3.63) is 15.6 Å². The standard InChI is InChI=1S/C17H28N2S/c1-3-4-13-5-6-14-15(11-13)20-16(19-14)17(18)9-7-12(2)8-10-17/h12-13H,3-11,18H2,1-2H3. The second-order valence-corrected chi connectivity index (χ2v) is 8.21. The molecule has 1 aromatic heterocycles. The summed E-state index contributed by atoms with van der Waals surface area (Å²) in [6, 6.07) is 0. The van der Waals surface area contributed by atoms with Crippen LogP contribution in [0.2, 0.25) is 0 Å². The molecule has 0 bridgehead atoms. The second kappa shape index (κ2) is 5.76. The molecular weight excluding hydrogens is 264 g/mol. The van der Waals surface area contributed by atoms with Gasteiger partial charge in [-0.25, -0.2) is 4.98 Å². The van der Waals surface area contributed by atoms with E-state index in [1.54, 1.807) is 4.88 Å². The van der Waals surface area contributed by atoms with Gasteiger partial charge in [-0.3, -0.25) is 0 Å². The van der Waals surface area contributed by atoms with Gasteiger partial charge < -0.3 is 5.73 Å². The Morgan fingerprint density at radius 2 is 2.05 bits per heavy atom. The molecule has 1 unspecified atom stereocenters. The predicted molar refractivity (Wildman–Crippen MR) is 86.0 cm³/mol. The lowest BCUT2D eigenvalue weighted by atomic mass is 9.78. The molecule has 2 aliphatic rings. The average molecular weight is 292 g/mol. The van der Waals surface area contributed by atoms with Crippen molar-refractivity contribution in [2.75, 3.05) is 0 Å². The third-order valence-corrected chi connectivity index (χ3v) is 6.67. The first-order valence-corrected chi connectivity index (χ1v) is 9.20. The zero-order valence-electron chi connectivity index (χ0n) is 13.0. The van der Waals surface area contributed by atoms with E-state index in [-0.39, 0.29) is 5.54 Å². The van der Waals surface area contributed by atoms with Crippen molar-refractivity contribution in [1.82, 2.24) is 4.98 Å². The first-order chi connectivity index (χ1) is 9.60. The van der Waals surface area contributed by atoms with Gasteiger partial charge in [0, 0.05) is 4.88 Å². The van der Waals surface area contributed by atoms with Crippen molar-refractivity contribution >= 4 is 11.3 Å². The van der Waals surface area contributed by atoms with Gasteiger partial charge in [0.15, 0.2) is 0 Å². The fraction of sp³-hybridized carbons (Fsp3) is 0.824. The molecule has 20 heavy (non-hydrogen) atoms. The lowest BCUT2D eigenvalue weighted by molar-refractivity contribution is 0.247. The zero-order valence-corrected chi connectivity index (χ0v) is 13.8. The summed E-state index contributed by atoms with van der Waals surface area (Å²) < 4.78 is 0. The molecule has 1 atom stereocenters. The molecular formula is C17H28N2S. The molecule has 3 heteroatoms. The maximum atomic E-state index is 6.70. The second-order valence-electron chi connectivity index (χ2n) is 7.13. The third-order valence-electron chi connectivity index (χ3n) is 5.33. The lowest BCUT2D eigenvalue weighted by Gasteiger charge is -2.34. The molecule has 112 valence electrons.